The molecule has 0 radical (unpaired) electrons. The zero-order chi connectivity index (χ0) is 16.1. The van der Waals surface area contributed by atoms with Gasteiger partial charge in [-0.25, -0.2) is 0 Å². The summed E-state index contributed by atoms with van der Waals surface area (Å²) in [6.45, 7) is 4.01. The number of nitrogens with zero attached hydrogens (tertiary/aromatic N) is 1. The topological polar surface area (TPSA) is 41.6 Å². The minimum absolute atomic E-state index is 0.00166. The molecule has 4 heteroatoms. The highest BCUT2D eigenvalue weighted by atomic mass is 16.5. The number of hydrogen-bond acceptors (Lipinski definition) is 3. The summed E-state index contributed by atoms with van der Waals surface area (Å²) in [5.74, 6) is 0.548. The third kappa shape index (κ3) is 4.52. The Balaban J connectivity index is 1.90. The maximum Gasteiger partial charge on any atom is 0.262 e. The third-order valence-electron chi connectivity index (χ3n) is 3.23. The zero-order valence-corrected chi connectivity index (χ0v) is 13.5. The lowest BCUT2D eigenvalue weighted by molar-refractivity contribution is -0.118. The molecule has 0 aromatic heterocycles. The van der Waals surface area contributed by atoms with Crippen LogP contribution in [-0.4, -0.2) is 26.6 Å². The molecule has 4 nitrogen and oxygen atoms in total. The summed E-state index contributed by atoms with van der Waals surface area (Å²) >= 11 is 0. The highest BCUT2D eigenvalue weighted by Crippen LogP contribution is 2.17. The second kappa shape index (κ2) is 6.98. The van der Waals surface area contributed by atoms with Gasteiger partial charge in [0, 0.05) is 25.5 Å². The molecule has 0 heterocycles. The fourth-order valence-corrected chi connectivity index (χ4v) is 2.21. The van der Waals surface area contributed by atoms with Crippen LogP contribution in [-0.2, 0) is 4.79 Å². The fourth-order valence-electron chi connectivity index (χ4n) is 2.21. The normalized spacial score (nSPS) is 10.2. The molecular formula is C18H22N2O2. The number of aryl methyl sites for hydroxylation is 2. The monoisotopic (exact) mass is 298 g/mol. The maximum atomic E-state index is 11.9. The minimum Gasteiger partial charge on any atom is -0.484 e. The van der Waals surface area contributed by atoms with E-state index in [1.165, 1.54) is 0 Å². The van der Waals surface area contributed by atoms with E-state index in [1.807, 2.05) is 69.2 Å². The van der Waals surface area contributed by atoms with Crippen LogP contribution >= 0.6 is 0 Å². The van der Waals surface area contributed by atoms with Crippen molar-refractivity contribution in [3.63, 3.8) is 0 Å². The average molecular weight is 298 g/mol. The number of nitrogens with one attached hydrogen (secondary N) is 1. The first-order chi connectivity index (χ1) is 10.4. The highest BCUT2D eigenvalue weighted by Gasteiger charge is 2.05. The smallest absolute Gasteiger partial charge is 0.262 e. The van der Waals surface area contributed by atoms with E-state index in [2.05, 4.69) is 11.4 Å². The molecule has 0 bridgehead atoms. The predicted octanol–water partition coefficient (Wildman–Crippen LogP) is 3.39. The van der Waals surface area contributed by atoms with E-state index in [0.29, 0.717) is 0 Å². The highest BCUT2D eigenvalue weighted by molar-refractivity contribution is 5.92. The third-order valence-corrected chi connectivity index (χ3v) is 3.23. The molecule has 0 fully saturated rings. The second-order valence-corrected chi connectivity index (χ2v) is 5.60. The molecule has 1 amide bonds. The Hall–Kier alpha value is -2.49. The van der Waals surface area contributed by atoms with E-state index in [-0.39, 0.29) is 12.5 Å². The first-order valence-electron chi connectivity index (χ1n) is 7.22. The molecule has 0 atom stereocenters. The number of carbonyl (C=O) groups is 1. The van der Waals surface area contributed by atoms with Crippen LogP contribution in [0.2, 0.25) is 0 Å². The quantitative estimate of drug-likeness (QED) is 0.920. The Labute approximate surface area is 131 Å². The number of carbonyl (C=O) groups excluding carboxylic acids is 1. The fraction of sp³-hybridized carbons (Fsp3) is 0.278. The van der Waals surface area contributed by atoms with E-state index in [4.69, 9.17) is 4.74 Å². The number of rotatable bonds is 5. The lowest BCUT2D eigenvalue weighted by Crippen LogP contribution is -2.20. The molecule has 0 unspecified atom stereocenters. The molecule has 116 valence electrons. The van der Waals surface area contributed by atoms with Crippen molar-refractivity contribution in [3.05, 3.63) is 53.6 Å². The Morgan fingerprint density at radius 3 is 2.18 bits per heavy atom. The van der Waals surface area contributed by atoms with E-state index in [9.17, 15) is 4.79 Å². The number of ether oxygens (including phenoxy) is 1. The van der Waals surface area contributed by atoms with Gasteiger partial charge in [-0.1, -0.05) is 6.07 Å². The van der Waals surface area contributed by atoms with Gasteiger partial charge < -0.3 is 15.0 Å². The molecule has 0 aliphatic carbocycles. The van der Waals surface area contributed by atoms with Crippen LogP contribution < -0.4 is 15.0 Å². The van der Waals surface area contributed by atoms with Gasteiger partial charge >= 0.3 is 0 Å². The maximum absolute atomic E-state index is 11.9. The Morgan fingerprint density at radius 1 is 1.05 bits per heavy atom. The van der Waals surface area contributed by atoms with Crippen molar-refractivity contribution < 1.29 is 9.53 Å². The molecule has 0 saturated heterocycles. The van der Waals surface area contributed by atoms with Crippen LogP contribution in [0, 0.1) is 13.8 Å². The molecule has 2 rings (SSSR count). The van der Waals surface area contributed by atoms with Gasteiger partial charge in [-0.2, -0.15) is 0 Å². The average Bonchev–Trinajstić information content (AvgIpc) is 2.45. The van der Waals surface area contributed by atoms with Gasteiger partial charge in [0.2, 0.25) is 0 Å². The van der Waals surface area contributed by atoms with Crippen molar-refractivity contribution in [1.29, 1.82) is 0 Å². The predicted molar refractivity (Wildman–Crippen MR) is 90.8 cm³/mol. The number of anilines is 2. The largest absolute Gasteiger partial charge is 0.484 e. The van der Waals surface area contributed by atoms with Crippen LogP contribution in [0.3, 0.4) is 0 Å². The molecule has 2 aromatic rings. The first-order valence-corrected chi connectivity index (χ1v) is 7.22. The minimum atomic E-state index is -0.170. The van der Waals surface area contributed by atoms with Gasteiger partial charge in [0.1, 0.15) is 5.75 Å². The van der Waals surface area contributed by atoms with Crippen LogP contribution in [0.25, 0.3) is 0 Å². The van der Waals surface area contributed by atoms with Crippen molar-refractivity contribution in [2.75, 3.05) is 30.9 Å². The molecule has 0 aliphatic heterocycles. The van der Waals surface area contributed by atoms with Crippen molar-refractivity contribution in [2.45, 2.75) is 13.8 Å². The summed E-state index contributed by atoms with van der Waals surface area (Å²) in [7, 11) is 3.95. The van der Waals surface area contributed by atoms with Crippen LogP contribution in [0.4, 0.5) is 11.4 Å². The molecule has 1 N–H and O–H groups in total. The summed E-state index contributed by atoms with van der Waals surface area (Å²) in [5, 5.41) is 2.83. The van der Waals surface area contributed by atoms with Gasteiger partial charge in [0.15, 0.2) is 6.61 Å². The lowest BCUT2D eigenvalue weighted by atomic mass is 10.1. The van der Waals surface area contributed by atoms with E-state index < -0.39 is 0 Å². The zero-order valence-electron chi connectivity index (χ0n) is 13.5. The molecule has 0 aliphatic rings. The van der Waals surface area contributed by atoms with Gasteiger partial charge in [0.05, 0.1) is 0 Å². The van der Waals surface area contributed by atoms with Crippen LogP contribution in [0.5, 0.6) is 5.75 Å². The number of benzene rings is 2. The van der Waals surface area contributed by atoms with Crippen molar-refractivity contribution in [3.8, 4) is 5.75 Å². The molecular weight excluding hydrogens is 276 g/mol. The number of hydrogen-bond donors (Lipinski definition) is 1. The summed E-state index contributed by atoms with van der Waals surface area (Å²) < 4.78 is 5.54. The van der Waals surface area contributed by atoms with E-state index >= 15 is 0 Å². The lowest BCUT2D eigenvalue weighted by Gasteiger charge is -2.13. The second-order valence-electron chi connectivity index (χ2n) is 5.60. The Morgan fingerprint density at radius 2 is 1.64 bits per heavy atom. The summed E-state index contributed by atoms with van der Waals surface area (Å²) in [5.41, 5.74) is 4.09. The Kier molecular flexibility index (Phi) is 5.04. The van der Waals surface area contributed by atoms with Crippen LogP contribution in [0.15, 0.2) is 42.5 Å². The van der Waals surface area contributed by atoms with Crippen LogP contribution in [0.1, 0.15) is 11.1 Å². The molecule has 0 saturated carbocycles. The van der Waals surface area contributed by atoms with Gasteiger partial charge in [-0.05, 0) is 61.4 Å². The van der Waals surface area contributed by atoms with Crippen molar-refractivity contribution in [2.24, 2.45) is 0 Å². The summed E-state index contributed by atoms with van der Waals surface area (Å²) in [6, 6.07) is 13.6. The van der Waals surface area contributed by atoms with E-state index in [0.717, 1.165) is 28.3 Å². The number of amides is 1. The molecule has 22 heavy (non-hydrogen) atoms. The van der Waals surface area contributed by atoms with Gasteiger partial charge in [0.25, 0.3) is 5.91 Å². The van der Waals surface area contributed by atoms with Crippen molar-refractivity contribution in [1.82, 2.24) is 0 Å². The summed E-state index contributed by atoms with van der Waals surface area (Å²) in [6.07, 6.45) is 0. The molecule has 2 aromatic carbocycles. The Bertz CT molecular complexity index is 628. The summed E-state index contributed by atoms with van der Waals surface area (Å²) in [4.78, 5) is 13.9. The molecule has 0 spiro atoms. The SMILES string of the molecule is Cc1cc(C)cc(OCC(=O)Nc2ccc(N(C)C)cc2)c1. The van der Waals surface area contributed by atoms with Gasteiger partial charge in [-0.3, -0.25) is 4.79 Å². The standard InChI is InChI=1S/C18H22N2O2/c1-13-9-14(2)11-17(10-13)22-12-18(21)19-15-5-7-16(8-6-15)20(3)4/h5-11H,12H2,1-4H3,(H,19,21). The van der Waals surface area contributed by atoms with E-state index in [1.54, 1.807) is 0 Å². The first kappa shape index (κ1) is 15.9. The van der Waals surface area contributed by atoms with Crippen molar-refractivity contribution >= 4 is 17.3 Å². The van der Waals surface area contributed by atoms with Gasteiger partial charge in [-0.15, -0.1) is 0 Å².